The van der Waals surface area contributed by atoms with Gasteiger partial charge in [0.1, 0.15) is 11.5 Å². The molecular formula is C15H16N2O3. The second-order valence-electron chi connectivity index (χ2n) is 4.11. The SMILES string of the molecule is COc1ccc(OCC(=O)Nc2ccccc2)c(N)c1. The number of carbonyl (C=O) groups is 1. The number of para-hydroxylation sites is 1. The van der Waals surface area contributed by atoms with Crippen molar-refractivity contribution in [2.45, 2.75) is 0 Å². The number of hydrogen-bond donors (Lipinski definition) is 2. The molecule has 3 N–H and O–H groups in total. The molecule has 2 aromatic carbocycles. The van der Waals surface area contributed by atoms with Crippen molar-refractivity contribution in [3.63, 3.8) is 0 Å². The standard InChI is InChI=1S/C15H16N2O3/c1-19-12-7-8-14(13(16)9-12)20-10-15(18)17-11-5-3-2-4-6-11/h2-9H,10,16H2,1H3,(H,17,18). The lowest BCUT2D eigenvalue weighted by Gasteiger charge is -2.10. The fourth-order valence-corrected chi connectivity index (χ4v) is 1.65. The summed E-state index contributed by atoms with van der Waals surface area (Å²) in [6, 6.07) is 14.2. The Morgan fingerprint density at radius 2 is 1.95 bits per heavy atom. The predicted octanol–water partition coefficient (Wildman–Crippen LogP) is 2.29. The minimum atomic E-state index is -0.244. The van der Waals surface area contributed by atoms with Crippen molar-refractivity contribution in [3.05, 3.63) is 48.5 Å². The Balaban J connectivity index is 1.90. The Bertz CT molecular complexity index is 585. The van der Waals surface area contributed by atoms with E-state index in [0.717, 1.165) is 5.69 Å². The van der Waals surface area contributed by atoms with Crippen LogP contribution in [-0.2, 0) is 4.79 Å². The normalized spacial score (nSPS) is 9.85. The zero-order chi connectivity index (χ0) is 14.4. The first kappa shape index (κ1) is 13.7. The summed E-state index contributed by atoms with van der Waals surface area (Å²) in [7, 11) is 1.56. The van der Waals surface area contributed by atoms with Gasteiger partial charge in [-0.1, -0.05) is 18.2 Å². The first-order valence-electron chi connectivity index (χ1n) is 6.10. The number of amides is 1. The molecule has 0 aromatic heterocycles. The number of benzene rings is 2. The summed E-state index contributed by atoms with van der Waals surface area (Å²) in [6.07, 6.45) is 0. The van der Waals surface area contributed by atoms with Gasteiger partial charge >= 0.3 is 0 Å². The number of hydrogen-bond acceptors (Lipinski definition) is 4. The van der Waals surface area contributed by atoms with Gasteiger partial charge in [-0.15, -0.1) is 0 Å². The number of anilines is 2. The van der Waals surface area contributed by atoms with E-state index in [2.05, 4.69) is 5.32 Å². The molecule has 104 valence electrons. The summed E-state index contributed by atoms with van der Waals surface area (Å²) in [5.41, 5.74) is 6.95. The van der Waals surface area contributed by atoms with Crippen LogP contribution in [-0.4, -0.2) is 19.6 Å². The average Bonchev–Trinajstić information content (AvgIpc) is 2.47. The van der Waals surface area contributed by atoms with Gasteiger partial charge in [0, 0.05) is 11.8 Å². The van der Waals surface area contributed by atoms with E-state index in [4.69, 9.17) is 15.2 Å². The zero-order valence-corrected chi connectivity index (χ0v) is 11.1. The lowest BCUT2D eigenvalue weighted by Crippen LogP contribution is -2.20. The van der Waals surface area contributed by atoms with E-state index < -0.39 is 0 Å². The molecule has 0 aliphatic rings. The van der Waals surface area contributed by atoms with Crippen LogP contribution in [0.5, 0.6) is 11.5 Å². The van der Waals surface area contributed by atoms with Crippen molar-refractivity contribution in [2.24, 2.45) is 0 Å². The van der Waals surface area contributed by atoms with Crippen molar-refractivity contribution in [2.75, 3.05) is 24.8 Å². The van der Waals surface area contributed by atoms with Crippen molar-refractivity contribution >= 4 is 17.3 Å². The maximum absolute atomic E-state index is 11.7. The summed E-state index contributed by atoms with van der Waals surface area (Å²) in [5.74, 6) is 0.851. The molecule has 0 atom stereocenters. The second kappa shape index (κ2) is 6.47. The highest BCUT2D eigenvalue weighted by atomic mass is 16.5. The zero-order valence-electron chi connectivity index (χ0n) is 11.1. The number of methoxy groups -OCH3 is 1. The molecule has 5 nitrogen and oxygen atoms in total. The molecule has 20 heavy (non-hydrogen) atoms. The second-order valence-corrected chi connectivity index (χ2v) is 4.11. The van der Waals surface area contributed by atoms with E-state index in [1.54, 1.807) is 37.4 Å². The molecular weight excluding hydrogens is 256 g/mol. The van der Waals surface area contributed by atoms with Crippen LogP contribution in [0.25, 0.3) is 0 Å². The third kappa shape index (κ3) is 3.65. The molecule has 0 bridgehead atoms. The van der Waals surface area contributed by atoms with Crippen molar-refractivity contribution < 1.29 is 14.3 Å². The van der Waals surface area contributed by atoms with Gasteiger partial charge in [0.15, 0.2) is 6.61 Å². The van der Waals surface area contributed by atoms with E-state index in [9.17, 15) is 4.79 Å². The molecule has 0 heterocycles. The minimum Gasteiger partial charge on any atom is -0.497 e. The summed E-state index contributed by atoms with van der Waals surface area (Å²) in [4.78, 5) is 11.7. The molecule has 0 radical (unpaired) electrons. The molecule has 0 aliphatic carbocycles. The lowest BCUT2D eigenvalue weighted by atomic mass is 10.3. The van der Waals surface area contributed by atoms with E-state index in [-0.39, 0.29) is 12.5 Å². The number of ether oxygens (including phenoxy) is 2. The maximum atomic E-state index is 11.7. The van der Waals surface area contributed by atoms with Crippen molar-refractivity contribution in [1.82, 2.24) is 0 Å². The molecule has 0 fully saturated rings. The van der Waals surface area contributed by atoms with Crippen LogP contribution in [0, 0.1) is 0 Å². The number of carbonyl (C=O) groups excluding carboxylic acids is 1. The molecule has 0 aliphatic heterocycles. The van der Waals surface area contributed by atoms with E-state index >= 15 is 0 Å². The van der Waals surface area contributed by atoms with Crippen molar-refractivity contribution in [3.8, 4) is 11.5 Å². The van der Waals surface area contributed by atoms with Gasteiger partial charge in [-0.25, -0.2) is 0 Å². The molecule has 0 unspecified atom stereocenters. The minimum absolute atomic E-state index is 0.106. The van der Waals surface area contributed by atoms with Crippen LogP contribution in [0.4, 0.5) is 11.4 Å². The van der Waals surface area contributed by atoms with Crippen LogP contribution < -0.4 is 20.5 Å². The Labute approximate surface area is 117 Å². The average molecular weight is 272 g/mol. The highest BCUT2D eigenvalue weighted by molar-refractivity contribution is 5.91. The van der Waals surface area contributed by atoms with E-state index in [0.29, 0.717) is 17.2 Å². The first-order valence-corrected chi connectivity index (χ1v) is 6.10. The summed E-state index contributed by atoms with van der Waals surface area (Å²) in [6.45, 7) is -0.106. The van der Waals surface area contributed by atoms with Gasteiger partial charge in [-0.05, 0) is 24.3 Å². The molecule has 0 saturated heterocycles. The van der Waals surface area contributed by atoms with Crippen LogP contribution in [0.1, 0.15) is 0 Å². The molecule has 0 saturated carbocycles. The van der Waals surface area contributed by atoms with Gasteiger partial charge in [0.2, 0.25) is 0 Å². The van der Waals surface area contributed by atoms with Gasteiger partial charge in [-0.2, -0.15) is 0 Å². The number of nitrogen functional groups attached to an aromatic ring is 1. The summed E-state index contributed by atoms with van der Waals surface area (Å²) < 4.78 is 10.4. The fourth-order valence-electron chi connectivity index (χ4n) is 1.65. The maximum Gasteiger partial charge on any atom is 0.262 e. The molecule has 2 aromatic rings. The van der Waals surface area contributed by atoms with Gasteiger partial charge in [0.25, 0.3) is 5.91 Å². The lowest BCUT2D eigenvalue weighted by molar-refractivity contribution is -0.118. The number of nitrogens with one attached hydrogen (secondary N) is 1. The van der Waals surface area contributed by atoms with Crippen LogP contribution in [0.15, 0.2) is 48.5 Å². The third-order valence-corrected chi connectivity index (χ3v) is 2.63. The summed E-state index contributed by atoms with van der Waals surface area (Å²) in [5, 5.41) is 2.72. The van der Waals surface area contributed by atoms with Crippen LogP contribution in [0.3, 0.4) is 0 Å². The number of rotatable bonds is 5. The van der Waals surface area contributed by atoms with Gasteiger partial charge < -0.3 is 20.5 Å². The Morgan fingerprint density at radius 1 is 1.20 bits per heavy atom. The van der Waals surface area contributed by atoms with Crippen LogP contribution >= 0.6 is 0 Å². The van der Waals surface area contributed by atoms with Crippen LogP contribution in [0.2, 0.25) is 0 Å². The van der Waals surface area contributed by atoms with E-state index in [1.165, 1.54) is 0 Å². The predicted molar refractivity (Wildman–Crippen MR) is 78.0 cm³/mol. The quantitative estimate of drug-likeness (QED) is 0.819. The Hall–Kier alpha value is -2.69. The highest BCUT2D eigenvalue weighted by Gasteiger charge is 2.06. The molecule has 1 amide bonds. The Morgan fingerprint density at radius 3 is 2.60 bits per heavy atom. The summed E-state index contributed by atoms with van der Waals surface area (Å²) >= 11 is 0. The van der Waals surface area contributed by atoms with E-state index in [1.807, 2.05) is 18.2 Å². The third-order valence-electron chi connectivity index (χ3n) is 2.63. The Kier molecular flexibility index (Phi) is 4.44. The van der Waals surface area contributed by atoms with Gasteiger partial charge in [0.05, 0.1) is 12.8 Å². The fraction of sp³-hybridized carbons (Fsp3) is 0.133. The monoisotopic (exact) mass is 272 g/mol. The van der Waals surface area contributed by atoms with Gasteiger partial charge in [-0.3, -0.25) is 4.79 Å². The highest BCUT2D eigenvalue weighted by Crippen LogP contribution is 2.26. The largest absolute Gasteiger partial charge is 0.497 e. The molecule has 0 spiro atoms. The molecule has 5 heteroatoms. The smallest absolute Gasteiger partial charge is 0.262 e. The molecule has 2 rings (SSSR count). The first-order chi connectivity index (χ1) is 9.69. The number of nitrogens with two attached hydrogens (primary N) is 1. The topological polar surface area (TPSA) is 73.6 Å². The van der Waals surface area contributed by atoms with Crippen molar-refractivity contribution in [1.29, 1.82) is 0 Å².